The van der Waals surface area contributed by atoms with Gasteiger partial charge in [0.1, 0.15) is 10.6 Å². The van der Waals surface area contributed by atoms with E-state index in [2.05, 4.69) is 4.98 Å². The molecule has 0 fully saturated rings. The first-order chi connectivity index (χ1) is 9.48. The van der Waals surface area contributed by atoms with Crippen LogP contribution >= 0.6 is 0 Å². The molecule has 7 heteroatoms. The minimum atomic E-state index is -3.79. The Bertz CT molecular complexity index is 716. The Kier molecular flexibility index (Phi) is 3.80. The van der Waals surface area contributed by atoms with Crippen molar-refractivity contribution < 1.29 is 13.2 Å². The number of aromatic nitrogens is 1. The second-order valence-electron chi connectivity index (χ2n) is 4.06. The lowest BCUT2D eigenvalue weighted by atomic mass is 10.3. The third-order valence-electron chi connectivity index (χ3n) is 2.88. The predicted molar refractivity (Wildman–Crippen MR) is 77.2 cm³/mol. The number of methoxy groups -OCH3 is 1. The van der Waals surface area contributed by atoms with Gasteiger partial charge in [-0.3, -0.25) is 9.29 Å². The summed E-state index contributed by atoms with van der Waals surface area (Å²) in [6, 6.07) is 8.29. The van der Waals surface area contributed by atoms with E-state index in [-0.39, 0.29) is 10.6 Å². The van der Waals surface area contributed by atoms with E-state index in [1.165, 1.54) is 32.6 Å². The molecule has 2 rings (SSSR count). The zero-order valence-corrected chi connectivity index (χ0v) is 12.0. The molecular formula is C13H15N3O3S. The molecule has 0 aliphatic heterocycles. The van der Waals surface area contributed by atoms with Crippen LogP contribution in [0, 0.1) is 0 Å². The highest BCUT2D eigenvalue weighted by atomic mass is 32.2. The molecule has 0 aliphatic rings. The molecule has 0 unspecified atom stereocenters. The van der Waals surface area contributed by atoms with Gasteiger partial charge in [0.25, 0.3) is 10.0 Å². The summed E-state index contributed by atoms with van der Waals surface area (Å²) in [5.41, 5.74) is 6.30. The number of nitrogen functional groups attached to an aromatic ring is 1. The molecule has 0 saturated carbocycles. The van der Waals surface area contributed by atoms with E-state index in [1.807, 2.05) is 0 Å². The lowest BCUT2D eigenvalue weighted by Crippen LogP contribution is -2.27. The van der Waals surface area contributed by atoms with Crippen molar-refractivity contribution in [1.29, 1.82) is 0 Å². The summed E-state index contributed by atoms with van der Waals surface area (Å²) < 4.78 is 31.4. The Morgan fingerprint density at radius 3 is 2.60 bits per heavy atom. The molecule has 20 heavy (non-hydrogen) atoms. The van der Waals surface area contributed by atoms with Crippen molar-refractivity contribution in [3.05, 3.63) is 42.7 Å². The Morgan fingerprint density at radius 2 is 1.95 bits per heavy atom. The van der Waals surface area contributed by atoms with Crippen LogP contribution in [0.1, 0.15) is 0 Å². The number of benzene rings is 1. The van der Waals surface area contributed by atoms with Crippen LogP contribution in [-0.4, -0.2) is 27.6 Å². The fraction of sp³-hybridized carbons (Fsp3) is 0.154. The van der Waals surface area contributed by atoms with Crippen molar-refractivity contribution in [1.82, 2.24) is 4.98 Å². The molecule has 6 nitrogen and oxygen atoms in total. The number of sulfonamides is 1. The first kappa shape index (κ1) is 14.1. The number of anilines is 2. The van der Waals surface area contributed by atoms with Crippen LogP contribution in [0.3, 0.4) is 0 Å². The third kappa shape index (κ3) is 2.39. The van der Waals surface area contributed by atoms with Gasteiger partial charge in [-0.2, -0.15) is 0 Å². The molecular weight excluding hydrogens is 278 g/mol. The second-order valence-corrected chi connectivity index (χ2v) is 6.00. The normalized spacial score (nSPS) is 11.1. The number of para-hydroxylation sites is 2. The highest BCUT2D eigenvalue weighted by Gasteiger charge is 2.25. The van der Waals surface area contributed by atoms with Crippen LogP contribution < -0.4 is 14.8 Å². The number of hydrogen-bond acceptors (Lipinski definition) is 5. The molecule has 0 saturated heterocycles. The van der Waals surface area contributed by atoms with Crippen molar-refractivity contribution >= 4 is 21.4 Å². The van der Waals surface area contributed by atoms with Crippen molar-refractivity contribution in [2.24, 2.45) is 0 Å². The molecule has 1 aromatic carbocycles. The van der Waals surface area contributed by atoms with Gasteiger partial charge < -0.3 is 10.5 Å². The quantitative estimate of drug-likeness (QED) is 0.923. The Morgan fingerprint density at radius 1 is 1.25 bits per heavy atom. The van der Waals surface area contributed by atoms with E-state index in [4.69, 9.17) is 10.5 Å². The Labute approximate surface area is 117 Å². The first-order valence-electron chi connectivity index (χ1n) is 5.80. The maximum atomic E-state index is 12.6. The average molecular weight is 293 g/mol. The van der Waals surface area contributed by atoms with E-state index in [0.717, 1.165) is 4.31 Å². The van der Waals surface area contributed by atoms with E-state index in [0.29, 0.717) is 11.4 Å². The maximum Gasteiger partial charge on any atom is 0.267 e. The lowest BCUT2D eigenvalue weighted by molar-refractivity contribution is 0.416. The topological polar surface area (TPSA) is 85.5 Å². The van der Waals surface area contributed by atoms with Gasteiger partial charge in [0.05, 0.1) is 18.5 Å². The number of pyridine rings is 1. The monoisotopic (exact) mass is 293 g/mol. The van der Waals surface area contributed by atoms with Gasteiger partial charge in [-0.1, -0.05) is 12.1 Å². The molecule has 0 amide bonds. The fourth-order valence-corrected chi connectivity index (χ4v) is 3.04. The van der Waals surface area contributed by atoms with Crippen molar-refractivity contribution in [3.8, 4) is 5.75 Å². The number of ether oxygens (including phenoxy) is 1. The maximum absolute atomic E-state index is 12.6. The van der Waals surface area contributed by atoms with Crippen LogP contribution in [0.25, 0.3) is 0 Å². The van der Waals surface area contributed by atoms with Gasteiger partial charge in [-0.05, 0) is 18.2 Å². The lowest BCUT2D eigenvalue weighted by Gasteiger charge is -2.22. The minimum absolute atomic E-state index is 0.0339. The molecule has 0 radical (unpaired) electrons. The van der Waals surface area contributed by atoms with E-state index in [9.17, 15) is 8.42 Å². The number of nitrogens with zero attached hydrogens (tertiary/aromatic N) is 2. The molecule has 0 spiro atoms. The van der Waals surface area contributed by atoms with Crippen LogP contribution in [0.2, 0.25) is 0 Å². The van der Waals surface area contributed by atoms with Crippen LogP contribution in [0.4, 0.5) is 11.4 Å². The van der Waals surface area contributed by atoms with Crippen LogP contribution in [-0.2, 0) is 10.0 Å². The van der Waals surface area contributed by atoms with E-state index >= 15 is 0 Å². The Balaban J connectivity index is 2.52. The smallest absolute Gasteiger partial charge is 0.267 e. The molecule has 0 bridgehead atoms. The van der Waals surface area contributed by atoms with Gasteiger partial charge in [0.15, 0.2) is 0 Å². The molecule has 2 aromatic rings. The summed E-state index contributed by atoms with van der Waals surface area (Å²) in [5, 5.41) is 0. The van der Waals surface area contributed by atoms with Gasteiger partial charge in [-0.25, -0.2) is 8.42 Å². The molecule has 2 N–H and O–H groups in total. The van der Waals surface area contributed by atoms with Gasteiger partial charge in [0, 0.05) is 19.4 Å². The van der Waals surface area contributed by atoms with Gasteiger partial charge in [0.2, 0.25) is 0 Å². The number of hydrogen-bond donors (Lipinski definition) is 1. The number of rotatable bonds is 4. The van der Waals surface area contributed by atoms with E-state index in [1.54, 1.807) is 24.3 Å². The summed E-state index contributed by atoms with van der Waals surface area (Å²) in [4.78, 5) is 3.78. The zero-order valence-electron chi connectivity index (χ0n) is 11.1. The highest BCUT2D eigenvalue weighted by molar-refractivity contribution is 7.93. The summed E-state index contributed by atoms with van der Waals surface area (Å²) in [5.74, 6) is 0.459. The summed E-state index contributed by atoms with van der Waals surface area (Å²) >= 11 is 0. The molecule has 0 atom stereocenters. The third-order valence-corrected chi connectivity index (χ3v) is 4.69. The zero-order chi connectivity index (χ0) is 14.8. The SMILES string of the molecule is COc1ccccc1N(C)S(=O)(=O)c1cnccc1N. The second kappa shape index (κ2) is 5.38. The first-order valence-corrected chi connectivity index (χ1v) is 7.24. The largest absolute Gasteiger partial charge is 0.495 e. The van der Waals surface area contributed by atoms with Gasteiger partial charge >= 0.3 is 0 Å². The average Bonchev–Trinajstić information content (AvgIpc) is 2.46. The summed E-state index contributed by atoms with van der Waals surface area (Å²) in [6.45, 7) is 0. The Hall–Kier alpha value is -2.28. The van der Waals surface area contributed by atoms with Crippen molar-refractivity contribution in [2.75, 3.05) is 24.2 Å². The highest BCUT2D eigenvalue weighted by Crippen LogP contribution is 2.31. The van der Waals surface area contributed by atoms with Crippen molar-refractivity contribution in [2.45, 2.75) is 4.90 Å². The van der Waals surface area contributed by atoms with Crippen molar-refractivity contribution in [3.63, 3.8) is 0 Å². The van der Waals surface area contributed by atoms with Crippen LogP contribution in [0.15, 0.2) is 47.6 Å². The molecule has 106 valence electrons. The molecule has 0 aliphatic carbocycles. The molecule has 1 aromatic heterocycles. The molecule has 1 heterocycles. The van der Waals surface area contributed by atoms with E-state index < -0.39 is 10.0 Å². The minimum Gasteiger partial charge on any atom is -0.495 e. The predicted octanol–water partition coefficient (Wildman–Crippen LogP) is 1.50. The van der Waals surface area contributed by atoms with Crippen LogP contribution in [0.5, 0.6) is 5.75 Å². The summed E-state index contributed by atoms with van der Waals surface area (Å²) in [6.07, 6.45) is 2.67. The van der Waals surface area contributed by atoms with Gasteiger partial charge in [-0.15, -0.1) is 0 Å². The standard InChI is InChI=1S/C13H15N3O3S/c1-16(11-5-3-4-6-12(11)19-2)20(17,18)13-9-15-8-7-10(13)14/h3-9H,1-2H3,(H2,14,15). The fourth-order valence-electron chi connectivity index (χ4n) is 1.77. The summed E-state index contributed by atoms with van der Waals surface area (Å²) in [7, 11) is -0.862. The number of nitrogens with two attached hydrogens (primary N) is 1.